The Morgan fingerprint density at radius 3 is 2.52 bits per heavy atom. The van der Waals surface area contributed by atoms with Crippen LogP contribution in [-0.4, -0.2) is 23.4 Å². The standard InChI is InChI=1S/C19H20N4O4/c1-11-15(12(2)22-19(26)16(11)9-20)7-8-18(25)23-13-3-5-14(6-4-13)27-10-17(21)24/h3-6H,7-8,10H2,1-2H3,(H2,21,24)(H,22,26)(H,23,25). The molecule has 0 saturated carbocycles. The van der Waals surface area contributed by atoms with E-state index in [2.05, 4.69) is 10.3 Å². The zero-order valence-corrected chi connectivity index (χ0v) is 15.1. The Labute approximate surface area is 156 Å². The molecule has 0 saturated heterocycles. The number of ether oxygens (including phenoxy) is 1. The van der Waals surface area contributed by atoms with E-state index in [-0.39, 0.29) is 24.5 Å². The van der Waals surface area contributed by atoms with Crippen LogP contribution in [0.1, 0.15) is 28.8 Å². The molecule has 0 atom stereocenters. The molecule has 1 aromatic heterocycles. The van der Waals surface area contributed by atoms with Gasteiger partial charge in [0.1, 0.15) is 17.4 Å². The maximum atomic E-state index is 12.2. The van der Waals surface area contributed by atoms with E-state index in [9.17, 15) is 14.4 Å². The molecule has 2 rings (SSSR count). The second kappa shape index (κ2) is 8.67. The maximum absolute atomic E-state index is 12.2. The van der Waals surface area contributed by atoms with Gasteiger partial charge in [0.2, 0.25) is 5.91 Å². The number of anilines is 1. The Hall–Kier alpha value is -3.60. The highest BCUT2D eigenvalue weighted by atomic mass is 16.5. The van der Waals surface area contributed by atoms with Gasteiger partial charge in [-0.15, -0.1) is 0 Å². The summed E-state index contributed by atoms with van der Waals surface area (Å²) in [6, 6.07) is 8.44. The number of pyridine rings is 1. The van der Waals surface area contributed by atoms with Gasteiger partial charge in [0.25, 0.3) is 11.5 Å². The molecule has 1 aromatic carbocycles. The Morgan fingerprint density at radius 1 is 1.26 bits per heavy atom. The number of aromatic amines is 1. The quantitative estimate of drug-likeness (QED) is 0.676. The number of rotatable bonds is 7. The topological polar surface area (TPSA) is 138 Å². The van der Waals surface area contributed by atoms with Gasteiger partial charge < -0.3 is 20.8 Å². The molecule has 0 fully saturated rings. The van der Waals surface area contributed by atoms with E-state index in [4.69, 9.17) is 15.7 Å². The number of H-pyrrole nitrogens is 1. The molecule has 140 valence electrons. The van der Waals surface area contributed by atoms with Gasteiger partial charge in [-0.25, -0.2) is 0 Å². The summed E-state index contributed by atoms with van der Waals surface area (Å²) in [6.07, 6.45) is 0.591. The van der Waals surface area contributed by atoms with Crippen LogP contribution in [0.3, 0.4) is 0 Å². The van der Waals surface area contributed by atoms with Crippen molar-refractivity contribution in [3.05, 3.63) is 57.0 Å². The van der Waals surface area contributed by atoms with E-state index in [1.54, 1.807) is 38.1 Å². The van der Waals surface area contributed by atoms with Crippen molar-refractivity contribution < 1.29 is 14.3 Å². The second-order valence-corrected chi connectivity index (χ2v) is 6.00. The van der Waals surface area contributed by atoms with Crippen LogP contribution in [0.2, 0.25) is 0 Å². The van der Waals surface area contributed by atoms with Crippen LogP contribution in [0, 0.1) is 25.2 Å². The minimum atomic E-state index is -0.570. The number of carbonyl (C=O) groups excluding carboxylic acids is 2. The monoisotopic (exact) mass is 368 g/mol. The number of nitrogens with one attached hydrogen (secondary N) is 2. The molecule has 0 aliphatic carbocycles. The van der Waals surface area contributed by atoms with Crippen LogP contribution in [0.4, 0.5) is 5.69 Å². The van der Waals surface area contributed by atoms with Crippen molar-refractivity contribution in [1.29, 1.82) is 5.26 Å². The van der Waals surface area contributed by atoms with Gasteiger partial charge in [0.15, 0.2) is 6.61 Å². The van der Waals surface area contributed by atoms with Gasteiger partial charge in [-0.2, -0.15) is 5.26 Å². The van der Waals surface area contributed by atoms with Crippen LogP contribution in [-0.2, 0) is 16.0 Å². The number of carbonyl (C=O) groups is 2. The molecule has 2 aromatic rings. The molecule has 8 nitrogen and oxygen atoms in total. The fourth-order valence-corrected chi connectivity index (χ4v) is 2.67. The summed E-state index contributed by atoms with van der Waals surface area (Å²) in [5.41, 5.74) is 7.28. The molecule has 8 heteroatoms. The number of primary amides is 1. The molecule has 1 heterocycles. The van der Waals surface area contributed by atoms with Crippen molar-refractivity contribution >= 4 is 17.5 Å². The maximum Gasteiger partial charge on any atom is 0.266 e. The zero-order valence-electron chi connectivity index (χ0n) is 15.1. The van der Waals surface area contributed by atoms with Crippen molar-refractivity contribution in [3.8, 4) is 11.8 Å². The Kier molecular flexibility index (Phi) is 6.33. The number of nitriles is 1. The van der Waals surface area contributed by atoms with Crippen LogP contribution < -0.4 is 21.3 Å². The number of nitrogens with two attached hydrogens (primary N) is 1. The van der Waals surface area contributed by atoms with Gasteiger partial charge in [-0.1, -0.05) is 0 Å². The van der Waals surface area contributed by atoms with Gasteiger partial charge in [-0.3, -0.25) is 14.4 Å². The molecule has 0 aliphatic rings. The number of aromatic nitrogens is 1. The molecule has 0 radical (unpaired) electrons. The number of hydrogen-bond donors (Lipinski definition) is 3. The predicted octanol–water partition coefficient (Wildman–Crippen LogP) is 1.30. The lowest BCUT2D eigenvalue weighted by Crippen LogP contribution is -2.20. The fourth-order valence-electron chi connectivity index (χ4n) is 2.67. The normalized spacial score (nSPS) is 10.1. The first-order valence-corrected chi connectivity index (χ1v) is 8.25. The average Bonchev–Trinajstić information content (AvgIpc) is 2.61. The lowest BCUT2D eigenvalue weighted by molar-refractivity contribution is -0.120. The molecule has 0 unspecified atom stereocenters. The van der Waals surface area contributed by atoms with Crippen LogP contribution in [0.15, 0.2) is 29.1 Å². The van der Waals surface area contributed by atoms with Gasteiger partial charge in [-0.05, 0) is 55.7 Å². The average molecular weight is 368 g/mol. The number of nitrogens with zero attached hydrogens (tertiary/aromatic N) is 1. The highest BCUT2D eigenvalue weighted by Crippen LogP contribution is 2.18. The first-order chi connectivity index (χ1) is 12.8. The highest BCUT2D eigenvalue weighted by Gasteiger charge is 2.13. The van der Waals surface area contributed by atoms with Gasteiger partial charge >= 0.3 is 0 Å². The molecular formula is C19H20N4O4. The summed E-state index contributed by atoms with van der Waals surface area (Å²) in [7, 11) is 0. The Balaban J connectivity index is 1.98. The molecule has 0 aliphatic heterocycles. The summed E-state index contributed by atoms with van der Waals surface area (Å²) >= 11 is 0. The smallest absolute Gasteiger partial charge is 0.266 e. The Bertz CT molecular complexity index is 955. The molecule has 2 amide bonds. The number of amides is 2. The van der Waals surface area contributed by atoms with E-state index in [0.717, 1.165) is 5.56 Å². The summed E-state index contributed by atoms with van der Waals surface area (Å²) in [6.45, 7) is 3.24. The third kappa shape index (κ3) is 5.19. The number of benzene rings is 1. The first-order valence-electron chi connectivity index (χ1n) is 8.25. The molecule has 27 heavy (non-hydrogen) atoms. The third-order valence-electron chi connectivity index (χ3n) is 4.04. The van der Waals surface area contributed by atoms with Crippen molar-refractivity contribution in [1.82, 2.24) is 4.98 Å². The second-order valence-electron chi connectivity index (χ2n) is 6.00. The van der Waals surface area contributed by atoms with Gasteiger partial charge in [0.05, 0.1) is 0 Å². The van der Waals surface area contributed by atoms with Crippen LogP contribution in [0.5, 0.6) is 5.75 Å². The zero-order chi connectivity index (χ0) is 20.0. The SMILES string of the molecule is Cc1[nH]c(=O)c(C#N)c(C)c1CCC(=O)Nc1ccc(OCC(N)=O)cc1. The molecule has 4 N–H and O–H groups in total. The van der Waals surface area contributed by atoms with E-state index < -0.39 is 11.5 Å². The summed E-state index contributed by atoms with van der Waals surface area (Å²) < 4.78 is 5.15. The van der Waals surface area contributed by atoms with Crippen molar-refractivity contribution in [2.24, 2.45) is 5.73 Å². The number of aryl methyl sites for hydroxylation is 1. The van der Waals surface area contributed by atoms with Crippen LogP contribution in [0.25, 0.3) is 0 Å². The highest BCUT2D eigenvalue weighted by molar-refractivity contribution is 5.90. The van der Waals surface area contributed by atoms with E-state index in [1.807, 2.05) is 6.07 Å². The largest absolute Gasteiger partial charge is 0.484 e. The van der Waals surface area contributed by atoms with Gasteiger partial charge in [0, 0.05) is 17.8 Å². The minimum absolute atomic E-state index is 0.0718. The van der Waals surface area contributed by atoms with Crippen molar-refractivity contribution in [2.45, 2.75) is 26.7 Å². The van der Waals surface area contributed by atoms with E-state index in [0.29, 0.717) is 29.1 Å². The third-order valence-corrected chi connectivity index (χ3v) is 4.04. The molecule has 0 spiro atoms. The predicted molar refractivity (Wildman–Crippen MR) is 99.3 cm³/mol. The molecular weight excluding hydrogens is 348 g/mol. The minimum Gasteiger partial charge on any atom is -0.484 e. The first kappa shape index (κ1) is 19.7. The summed E-state index contributed by atoms with van der Waals surface area (Å²) in [4.78, 5) is 37.3. The van der Waals surface area contributed by atoms with Crippen LogP contribution >= 0.6 is 0 Å². The molecule has 0 bridgehead atoms. The van der Waals surface area contributed by atoms with E-state index in [1.165, 1.54) is 0 Å². The number of hydrogen-bond acceptors (Lipinski definition) is 5. The lowest BCUT2D eigenvalue weighted by Gasteiger charge is -2.11. The summed E-state index contributed by atoms with van der Waals surface area (Å²) in [5.74, 6) is -0.306. The van der Waals surface area contributed by atoms with Crippen molar-refractivity contribution in [3.63, 3.8) is 0 Å². The Morgan fingerprint density at radius 2 is 1.93 bits per heavy atom. The summed E-state index contributed by atoms with van der Waals surface area (Å²) in [5, 5.41) is 11.9. The van der Waals surface area contributed by atoms with E-state index >= 15 is 0 Å². The lowest BCUT2D eigenvalue weighted by atomic mass is 9.99. The van der Waals surface area contributed by atoms with Crippen molar-refractivity contribution in [2.75, 3.05) is 11.9 Å². The fraction of sp³-hybridized carbons (Fsp3) is 0.263.